The van der Waals surface area contributed by atoms with Crippen molar-refractivity contribution < 1.29 is 17.9 Å². The van der Waals surface area contributed by atoms with Gasteiger partial charge in [-0.2, -0.15) is 0 Å². The first-order chi connectivity index (χ1) is 11.2. The van der Waals surface area contributed by atoms with Gasteiger partial charge in [0, 0.05) is 11.0 Å². The maximum Gasteiger partial charge on any atom is 0.250 e. The van der Waals surface area contributed by atoms with Crippen LogP contribution in [0.2, 0.25) is 0 Å². The summed E-state index contributed by atoms with van der Waals surface area (Å²) in [7, 11) is 0. The van der Waals surface area contributed by atoms with Crippen LogP contribution in [0.1, 0.15) is 6.92 Å². The van der Waals surface area contributed by atoms with Crippen LogP contribution in [0.15, 0.2) is 39.8 Å². The third kappa shape index (κ3) is 3.54. The van der Waals surface area contributed by atoms with Crippen molar-refractivity contribution in [2.45, 2.75) is 11.8 Å². The molecule has 6 nitrogen and oxygen atoms in total. The quantitative estimate of drug-likeness (QED) is 0.401. The second-order valence-corrected chi connectivity index (χ2v) is 5.87. The van der Waals surface area contributed by atoms with Crippen molar-refractivity contribution in [1.29, 1.82) is 0 Å². The molecular weight excluding hydrogens is 336 g/mol. The molecule has 0 amide bonds. The van der Waals surface area contributed by atoms with Gasteiger partial charge in [-0.15, -0.1) is 11.8 Å². The molecule has 3 rings (SSSR count). The van der Waals surface area contributed by atoms with E-state index in [2.05, 4.69) is 9.97 Å². The highest BCUT2D eigenvalue weighted by Gasteiger charge is 2.17. The number of benzene rings is 1. The predicted molar refractivity (Wildman–Crippen MR) is 90.5 cm³/mol. The number of rotatable bonds is 6. The summed E-state index contributed by atoms with van der Waals surface area (Å²) in [6, 6.07) is 7.22. The van der Waals surface area contributed by atoms with Gasteiger partial charge in [-0.25, -0.2) is 9.97 Å². The molecule has 0 fully saturated rings. The van der Waals surface area contributed by atoms with Gasteiger partial charge in [0.1, 0.15) is 11.3 Å². The number of thioether (sulfide) groups is 1. The molecule has 0 saturated heterocycles. The largest absolute Gasteiger partial charge is 0.506 e. The third-order valence-corrected chi connectivity index (χ3v) is 4.23. The minimum absolute atomic E-state index is 0.0124. The third-order valence-electron chi connectivity index (χ3n) is 2.93. The van der Waals surface area contributed by atoms with Crippen molar-refractivity contribution in [3.63, 3.8) is 0 Å². The second-order valence-electron chi connectivity index (χ2n) is 4.45. The van der Waals surface area contributed by atoms with Crippen LogP contribution in [0.5, 0.6) is 11.5 Å². The number of aromatic nitrogens is 2. The Morgan fingerprint density at radius 2 is 2.17 bits per heavy atom. The van der Waals surface area contributed by atoms with E-state index in [1.807, 2.05) is 31.4 Å². The van der Waals surface area contributed by atoms with Crippen LogP contribution in [0.4, 0.5) is 0 Å². The Balaban J connectivity index is 2.00. The van der Waals surface area contributed by atoms with Crippen molar-refractivity contribution in [3.05, 3.63) is 30.5 Å². The average Bonchev–Trinajstić information content (AvgIpc) is 2.97. The monoisotopic (exact) mass is 350 g/mol. The number of hydrogen-bond acceptors (Lipinski definition) is 8. The number of aromatic hydroxyl groups is 1. The number of nitrogens with zero attached hydrogens (tertiary/aromatic N) is 2. The summed E-state index contributed by atoms with van der Waals surface area (Å²) >= 11 is 2.45. The van der Waals surface area contributed by atoms with E-state index in [9.17, 15) is 5.11 Å². The molecule has 2 heterocycles. The van der Waals surface area contributed by atoms with Gasteiger partial charge in [0.15, 0.2) is 17.0 Å². The molecule has 0 atom stereocenters. The lowest BCUT2D eigenvalue weighted by molar-refractivity contribution is 0.368. The van der Waals surface area contributed by atoms with E-state index in [0.717, 1.165) is 22.7 Å². The van der Waals surface area contributed by atoms with Crippen molar-refractivity contribution in [2.75, 3.05) is 12.9 Å². The fourth-order valence-corrected chi connectivity index (χ4v) is 2.68. The maximum absolute atomic E-state index is 9.60. The minimum Gasteiger partial charge on any atom is -0.506 e. The van der Waals surface area contributed by atoms with Crippen molar-refractivity contribution in [1.82, 2.24) is 9.97 Å². The summed E-state index contributed by atoms with van der Waals surface area (Å²) in [6.07, 6.45) is 3.32. The fraction of sp³-hybridized carbons (Fsp3) is 0.200. The van der Waals surface area contributed by atoms with Gasteiger partial charge in [-0.3, -0.25) is 4.18 Å². The van der Waals surface area contributed by atoms with Crippen molar-refractivity contribution in [3.8, 4) is 23.1 Å². The molecule has 3 aromatic rings. The van der Waals surface area contributed by atoms with E-state index in [1.165, 1.54) is 12.3 Å². The molecular formula is C15H14N2O4S2. The van der Waals surface area contributed by atoms with E-state index in [-0.39, 0.29) is 5.75 Å². The molecule has 1 aromatic carbocycles. The summed E-state index contributed by atoms with van der Waals surface area (Å²) in [6.45, 7) is 2.34. The van der Waals surface area contributed by atoms with Gasteiger partial charge < -0.3 is 13.7 Å². The van der Waals surface area contributed by atoms with Gasteiger partial charge in [0.25, 0.3) is 0 Å². The molecule has 0 unspecified atom stereocenters. The lowest BCUT2D eigenvalue weighted by Crippen LogP contribution is -1.91. The van der Waals surface area contributed by atoms with E-state index < -0.39 is 0 Å². The Morgan fingerprint density at radius 1 is 1.30 bits per heavy atom. The summed E-state index contributed by atoms with van der Waals surface area (Å²) < 4.78 is 16.3. The van der Waals surface area contributed by atoms with Gasteiger partial charge in [-0.05, 0) is 31.4 Å². The molecule has 1 N–H and O–H groups in total. The zero-order valence-corrected chi connectivity index (χ0v) is 14.1. The average molecular weight is 350 g/mol. The highest BCUT2D eigenvalue weighted by Crippen LogP contribution is 2.34. The minimum atomic E-state index is -0.0124. The second kappa shape index (κ2) is 7.12. The summed E-state index contributed by atoms with van der Waals surface area (Å²) in [5, 5.41) is 9.60. The van der Waals surface area contributed by atoms with Crippen LogP contribution in [-0.4, -0.2) is 27.9 Å². The summed E-state index contributed by atoms with van der Waals surface area (Å²) in [4.78, 5) is 9.71. The molecule has 0 bridgehead atoms. The first kappa shape index (κ1) is 16.0. The lowest BCUT2D eigenvalue weighted by Gasteiger charge is -2.06. The zero-order chi connectivity index (χ0) is 16.2. The molecule has 120 valence electrons. The van der Waals surface area contributed by atoms with Crippen LogP contribution in [0.25, 0.3) is 22.7 Å². The molecule has 0 saturated carbocycles. The van der Waals surface area contributed by atoms with E-state index in [1.54, 1.807) is 11.8 Å². The molecule has 0 aliphatic carbocycles. The van der Waals surface area contributed by atoms with Crippen LogP contribution >= 0.6 is 24.1 Å². The van der Waals surface area contributed by atoms with Crippen LogP contribution in [0.3, 0.4) is 0 Å². The van der Waals surface area contributed by atoms with Crippen LogP contribution in [-0.2, 0) is 4.18 Å². The Labute approximate surface area is 141 Å². The standard InChI is InChI=1S/C15H14N2O4S2/c1-3-19-23-21-13-6-9(18)8-16-14(13)15-17-11-7-10(22-2)4-5-12(11)20-15/h4-8,18H,3H2,1-2H3. The van der Waals surface area contributed by atoms with Crippen LogP contribution < -0.4 is 4.18 Å². The first-order valence-corrected chi connectivity index (χ1v) is 8.70. The normalized spacial score (nSPS) is 11.0. The van der Waals surface area contributed by atoms with Gasteiger partial charge in [0.05, 0.1) is 12.8 Å². The maximum atomic E-state index is 9.60. The number of oxazole rings is 1. The first-order valence-electron chi connectivity index (χ1n) is 6.81. The molecule has 2 aromatic heterocycles. The molecule has 0 radical (unpaired) electrons. The van der Waals surface area contributed by atoms with Gasteiger partial charge in [0.2, 0.25) is 18.2 Å². The Bertz CT molecular complexity index is 822. The number of fused-ring (bicyclic) bond motifs is 1. The predicted octanol–water partition coefficient (Wildman–Crippen LogP) is 4.30. The molecule has 8 heteroatoms. The Morgan fingerprint density at radius 3 is 2.96 bits per heavy atom. The van der Waals surface area contributed by atoms with E-state index in [4.69, 9.17) is 12.8 Å². The molecule has 0 aliphatic heterocycles. The van der Waals surface area contributed by atoms with E-state index in [0.29, 0.717) is 29.5 Å². The number of hydrogen-bond donors (Lipinski definition) is 1. The SMILES string of the molecule is CCOSOc1cc(O)cnc1-c1nc2cc(SC)ccc2o1. The van der Waals surface area contributed by atoms with Gasteiger partial charge in [-0.1, -0.05) is 0 Å². The van der Waals surface area contributed by atoms with E-state index >= 15 is 0 Å². The number of pyridine rings is 1. The fourth-order valence-electron chi connectivity index (χ4n) is 1.90. The topological polar surface area (TPSA) is 77.6 Å². The molecule has 0 aliphatic rings. The highest BCUT2D eigenvalue weighted by atomic mass is 32.2. The summed E-state index contributed by atoms with van der Waals surface area (Å²) in [5.74, 6) is 0.632. The smallest absolute Gasteiger partial charge is 0.250 e. The zero-order valence-electron chi connectivity index (χ0n) is 12.5. The molecule has 23 heavy (non-hydrogen) atoms. The molecule has 0 spiro atoms. The Kier molecular flexibility index (Phi) is 4.94. The summed E-state index contributed by atoms with van der Waals surface area (Å²) in [5.41, 5.74) is 1.80. The van der Waals surface area contributed by atoms with Crippen LogP contribution in [0, 0.1) is 0 Å². The Hall–Kier alpha value is -1.90. The van der Waals surface area contributed by atoms with Crippen molar-refractivity contribution >= 4 is 35.2 Å². The van der Waals surface area contributed by atoms with Gasteiger partial charge >= 0.3 is 0 Å². The lowest BCUT2D eigenvalue weighted by atomic mass is 10.3. The van der Waals surface area contributed by atoms with Crippen molar-refractivity contribution in [2.24, 2.45) is 0 Å². The highest BCUT2D eigenvalue weighted by molar-refractivity contribution is 7.98.